The summed E-state index contributed by atoms with van der Waals surface area (Å²) in [6.07, 6.45) is 11.1. The number of rotatable bonds is 16. The van der Waals surface area contributed by atoms with Gasteiger partial charge in [0.2, 0.25) is 18.1 Å². The molecule has 15 nitrogen and oxygen atoms in total. The van der Waals surface area contributed by atoms with Crippen LogP contribution in [0.25, 0.3) is 45.7 Å². The number of hydrogen-bond acceptors (Lipinski definition) is 14. The molecule has 1 amide bonds. The first-order valence-corrected chi connectivity index (χ1v) is 23.9. The summed E-state index contributed by atoms with van der Waals surface area (Å²) in [6.45, 7) is 13.3. The second-order valence-corrected chi connectivity index (χ2v) is 17.6. The van der Waals surface area contributed by atoms with Crippen LogP contribution in [0.1, 0.15) is 106 Å². The Morgan fingerprint density at radius 1 is 0.750 bits per heavy atom. The fraction of sp³-hybridized carbons (Fsp3) is 0.415. The lowest BCUT2D eigenvalue weighted by atomic mass is 10.00. The fourth-order valence-corrected chi connectivity index (χ4v) is 8.97. The van der Waals surface area contributed by atoms with Crippen molar-refractivity contribution in [2.75, 3.05) is 39.3 Å². The first kappa shape index (κ1) is 49.0. The van der Waals surface area contributed by atoms with Crippen molar-refractivity contribution in [2.24, 2.45) is 5.73 Å². The lowest BCUT2D eigenvalue weighted by Gasteiger charge is -2.32. The third kappa shape index (κ3) is 12.3. The monoisotopic (exact) mass is 918 g/mol. The zero-order valence-corrected chi connectivity index (χ0v) is 39.6. The first-order valence-electron chi connectivity index (χ1n) is 23.9. The minimum atomic E-state index is -0.00287. The highest BCUT2D eigenvalue weighted by atomic mass is 16.5. The van der Waals surface area contributed by atoms with Gasteiger partial charge >= 0.3 is 0 Å². The van der Waals surface area contributed by atoms with E-state index in [0.29, 0.717) is 77.2 Å². The third-order valence-electron chi connectivity index (χ3n) is 12.1. The largest absolute Gasteiger partial charge is 0.490 e. The van der Waals surface area contributed by atoms with Crippen LogP contribution in [0.4, 0.5) is 0 Å². The molecule has 4 N–H and O–H groups in total. The molecule has 1 aliphatic heterocycles. The molecule has 68 heavy (non-hydrogen) atoms. The minimum absolute atomic E-state index is 0.00287. The van der Waals surface area contributed by atoms with E-state index >= 15 is 0 Å². The second-order valence-electron chi connectivity index (χ2n) is 17.6. The number of nitrogens with one attached hydrogen (secondary N) is 2. The van der Waals surface area contributed by atoms with Gasteiger partial charge in [0.1, 0.15) is 23.6 Å². The standard InChI is InChI=1S/C26H28N4O2.C21H19N3O2.C6H15N3O/c1-17(2)31-24-12-9-18(15-19(24)16-27)26-28-25(29-32-26)22-8-6-7-21-20(22)10-11-23(21)30-13-4-3-5-14-30;1-13(2)25-19-10-9-15(11-16(19)12-22)21-23-20(24-26-21)18-8-4-6-14-5-3-7-17(14)18;7-2-1-3-8-4-5-9-6-10/h6-9,12,15,17,23H,3-5,10-11,13-14H2,1-2H3;4,6,8-11,13H,3,5,7H2,1-2H3;6,8H,1-5,7H2,(H,9,10). The van der Waals surface area contributed by atoms with E-state index in [1.807, 2.05) is 52.0 Å². The van der Waals surface area contributed by atoms with Gasteiger partial charge < -0.3 is 34.9 Å². The number of carbonyl (C=O) groups is 1. The smallest absolute Gasteiger partial charge is 0.258 e. The van der Waals surface area contributed by atoms with Crippen LogP contribution < -0.4 is 25.8 Å². The average molecular weight is 919 g/mol. The molecule has 0 spiro atoms. The Balaban J connectivity index is 0.000000171. The predicted octanol–water partition coefficient (Wildman–Crippen LogP) is 8.76. The van der Waals surface area contributed by atoms with Gasteiger partial charge in [-0.25, -0.2) is 0 Å². The summed E-state index contributed by atoms with van der Waals surface area (Å²) in [7, 11) is 0. The molecular formula is C53H62N10O5. The molecule has 0 radical (unpaired) electrons. The van der Waals surface area contributed by atoms with Crippen LogP contribution in [0.5, 0.6) is 11.5 Å². The SMILES string of the molecule is CC(C)Oc1ccc(-c2nc(-c3cccc4c3CCC4)no2)cc1C#N.CC(C)Oc1ccc(-c2nc(-c3cccc4c3CCC4N3CCCCC3)no2)cc1C#N.NCCCNCCNC=O. The highest BCUT2D eigenvalue weighted by molar-refractivity contribution is 5.68. The second kappa shape index (κ2) is 24.2. The van der Waals surface area contributed by atoms with Crippen LogP contribution in [0.15, 0.2) is 81.8 Å². The first-order chi connectivity index (χ1) is 33.2. The Kier molecular flexibility index (Phi) is 17.4. The molecule has 354 valence electrons. The number of amides is 1. The Labute approximate surface area is 399 Å². The molecule has 1 unspecified atom stereocenters. The van der Waals surface area contributed by atoms with Crippen molar-refractivity contribution in [2.45, 2.75) is 104 Å². The Morgan fingerprint density at radius 3 is 1.93 bits per heavy atom. The van der Waals surface area contributed by atoms with Gasteiger partial charge in [0.15, 0.2) is 0 Å². The average Bonchev–Trinajstić information content (AvgIpc) is 4.21. The fourth-order valence-electron chi connectivity index (χ4n) is 8.97. The van der Waals surface area contributed by atoms with E-state index in [9.17, 15) is 15.3 Å². The van der Waals surface area contributed by atoms with Gasteiger partial charge in [0.05, 0.1) is 23.3 Å². The van der Waals surface area contributed by atoms with E-state index in [1.54, 1.807) is 24.3 Å². The van der Waals surface area contributed by atoms with Gasteiger partial charge in [-0.3, -0.25) is 9.69 Å². The van der Waals surface area contributed by atoms with Gasteiger partial charge in [-0.05, 0) is 164 Å². The van der Waals surface area contributed by atoms with Gasteiger partial charge in [0.25, 0.3) is 11.8 Å². The lowest BCUT2D eigenvalue weighted by molar-refractivity contribution is -0.109. The number of likely N-dealkylation sites (tertiary alicyclic amines) is 1. The van der Waals surface area contributed by atoms with E-state index in [0.717, 1.165) is 61.9 Å². The Bertz CT molecular complexity index is 2690. The van der Waals surface area contributed by atoms with Crippen LogP contribution in [0.2, 0.25) is 0 Å². The maximum Gasteiger partial charge on any atom is 0.258 e. The topological polar surface area (TPSA) is 214 Å². The van der Waals surface area contributed by atoms with Crippen LogP contribution >= 0.6 is 0 Å². The zero-order valence-electron chi connectivity index (χ0n) is 39.6. The molecule has 1 saturated heterocycles. The molecule has 2 aliphatic carbocycles. The van der Waals surface area contributed by atoms with Crippen LogP contribution in [0.3, 0.4) is 0 Å². The lowest BCUT2D eigenvalue weighted by Crippen LogP contribution is -2.32. The summed E-state index contributed by atoms with van der Waals surface area (Å²) in [6, 6.07) is 28.3. The molecule has 4 aromatic carbocycles. The van der Waals surface area contributed by atoms with Gasteiger partial charge in [-0.2, -0.15) is 20.5 Å². The van der Waals surface area contributed by atoms with Crippen molar-refractivity contribution in [3.05, 3.63) is 106 Å². The molecule has 0 bridgehead atoms. The number of aryl methyl sites for hydroxylation is 1. The van der Waals surface area contributed by atoms with E-state index in [4.69, 9.17) is 29.2 Å². The number of ether oxygens (including phenoxy) is 2. The van der Waals surface area contributed by atoms with Crippen LogP contribution in [-0.4, -0.2) is 83.1 Å². The van der Waals surface area contributed by atoms with Crippen LogP contribution in [0, 0.1) is 22.7 Å². The molecule has 15 heteroatoms. The molecule has 1 atom stereocenters. The summed E-state index contributed by atoms with van der Waals surface area (Å²) in [5.74, 6) is 3.15. The number of nitriles is 2. The Hall–Kier alpha value is -6.91. The molecule has 9 rings (SSSR count). The van der Waals surface area contributed by atoms with E-state index in [-0.39, 0.29) is 12.2 Å². The summed E-state index contributed by atoms with van der Waals surface area (Å²) in [4.78, 5) is 21.6. The molecular weight excluding hydrogens is 857 g/mol. The maximum atomic E-state index is 9.73. The quantitative estimate of drug-likeness (QED) is 0.0612. The maximum absolute atomic E-state index is 9.73. The van der Waals surface area contributed by atoms with E-state index < -0.39 is 0 Å². The molecule has 3 heterocycles. The molecule has 1 fully saturated rings. The van der Waals surface area contributed by atoms with E-state index in [1.165, 1.54) is 61.0 Å². The summed E-state index contributed by atoms with van der Waals surface area (Å²) < 4.78 is 22.5. The van der Waals surface area contributed by atoms with Gasteiger partial charge in [-0.1, -0.05) is 53.1 Å². The molecule has 3 aliphatic rings. The number of benzene rings is 4. The van der Waals surface area contributed by atoms with Crippen molar-refractivity contribution >= 4 is 6.41 Å². The van der Waals surface area contributed by atoms with Gasteiger partial charge in [-0.15, -0.1) is 0 Å². The number of aromatic nitrogens is 4. The van der Waals surface area contributed by atoms with Crippen molar-refractivity contribution in [1.29, 1.82) is 10.5 Å². The summed E-state index contributed by atoms with van der Waals surface area (Å²) >= 11 is 0. The van der Waals surface area contributed by atoms with Gasteiger partial charge in [0, 0.05) is 41.4 Å². The highest BCUT2D eigenvalue weighted by Gasteiger charge is 2.31. The minimum Gasteiger partial charge on any atom is -0.490 e. The summed E-state index contributed by atoms with van der Waals surface area (Å²) in [5, 5.41) is 33.0. The van der Waals surface area contributed by atoms with Crippen LogP contribution in [-0.2, 0) is 24.1 Å². The number of carbonyl (C=O) groups excluding carboxylic acids is 1. The number of fused-ring (bicyclic) bond motifs is 2. The summed E-state index contributed by atoms with van der Waals surface area (Å²) in [5.41, 5.74) is 15.1. The third-order valence-corrected chi connectivity index (χ3v) is 12.1. The number of hydrogen-bond donors (Lipinski definition) is 3. The molecule has 0 saturated carbocycles. The van der Waals surface area contributed by atoms with E-state index in [2.05, 4.69) is 67.2 Å². The zero-order chi connectivity index (χ0) is 47.8. The van der Waals surface area contributed by atoms with Crippen molar-refractivity contribution < 1.29 is 23.3 Å². The van der Waals surface area contributed by atoms with Crippen molar-refractivity contribution in [3.8, 4) is 69.3 Å². The number of nitrogens with zero attached hydrogens (tertiary/aromatic N) is 7. The molecule has 2 aromatic heterocycles. The Morgan fingerprint density at radius 2 is 1.35 bits per heavy atom. The van der Waals surface area contributed by atoms with Crippen molar-refractivity contribution in [1.82, 2.24) is 35.8 Å². The predicted molar refractivity (Wildman–Crippen MR) is 260 cm³/mol. The highest BCUT2D eigenvalue weighted by Crippen LogP contribution is 2.41. The number of nitrogens with two attached hydrogens (primary N) is 1. The normalized spacial score (nSPS) is 15.0. The van der Waals surface area contributed by atoms with Crippen molar-refractivity contribution in [3.63, 3.8) is 0 Å². The number of piperidine rings is 1. The molecule has 6 aromatic rings.